The molecule has 0 aliphatic heterocycles. The molecule has 0 saturated heterocycles. The van der Waals surface area contributed by atoms with E-state index in [-0.39, 0.29) is 12.6 Å². The van der Waals surface area contributed by atoms with E-state index in [2.05, 4.69) is 21.5 Å². The van der Waals surface area contributed by atoms with Gasteiger partial charge in [0.05, 0.1) is 5.69 Å². The van der Waals surface area contributed by atoms with Crippen molar-refractivity contribution in [2.75, 3.05) is 5.32 Å². The van der Waals surface area contributed by atoms with Crippen molar-refractivity contribution >= 4 is 22.4 Å². The molecular formula is C18H20N4O2S. The SMILES string of the molecule is Cc1cc(C)cc(OCn2ccc(C(=O)Nc3nc(C)c(C)s3)n2)c1. The number of aryl methyl sites for hydroxylation is 4. The third-order valence-corrected chi connectivity index (χ3v) is 4.67. The summed E-state index contributed by atoms with van der Waals surface area (Å²) in [4.78, 5) is 17.6. The Hall–Kier alpha value is -2.67. The number of hydrogen-bond acceptors (Lipinski definition) is 5. The third-order valence-electron chi connectivity index (χ3n) is 3.68. The van der Waals surface area contributed by atoms with Crippen LogP contribution in [0.2, 0.25) is 0 Å². The Bertz CT molecular complexity index is 874. The summed E-state index contributed by atoms with van der Waals surface area (Å²) in [5.41, 5.74) is 3.54. The van der Waals surface area contributed by atoms with Crippen LogP contribution in [0.15, 0.2) is 30.5 Å². The van der Waals surface area contributed by atoms with Crippen LogP contribution in [-0.4, -0.2) is 20.7 Å². The summed E-state index contributed by atoms with van der Waals surface area (Å²) < 4.78 is 7.33. The summed E-state index contributed by atoms with van der Waals surface area (Å²) in [6.45, 7) is 8.18. The number of ether oxygens (including phenoxy) is 1. The number of amides is 1. The highest BCUT2D eigenvalue weighted by Crippen LogP contribution is 2.21. The maximum Gasteiger partial charge on any atom is 0.277 e. The van der Waals surface area contributed by atoms with Gasteiger partial charge in [0.25, 0.3) is 5.91 Å². The van der Waals surface area contributed by atoms with Crippen molar-refractivity contribution in [1.29, 1.82) is 0 Å². The van der Waals surface area contributed by atoms with E-state index in [1.165, 1.54) is 11.3 Å². The van der Waals surface area contributed by atoms with Crippen molar-refractivity contribution in [2.45, 2.75) is 34.4 Å². The van der Waals surface area contributed by atoms with Gasteiger partial charge >= 0.3 is 0 Å². The molecule has 0 atom stereocenters. The molecule has 0 spiro atoms. The predicted octanol–water partition coefficient (Wildman–Crippen LogP) is 3.86. The number of rotatable bonds is 5. The monoisotopic (exact) mass is 356 g/mol. The summed E-state index contributed by atoms with van der Waals surface area (Å²) >= 11 is 1.45. The molecule has 2 heterocycles. The zero-order chi connectivity index (χ0) is 18.0. The molecule has 130 valence electrons. The maximum absolute atomic E-state index is 12.3. The lowest BCUT2D eigenvalue weighted by Gasteiger charge is -2.08. The van der Waals surface area contributed by atoms with Gasteiger partial charge in [-0.1, -0.05) is 6.07 Å². The van der Waals surface area contributed by atoms with Gasteiger partial charge in [-0.15, -0.1) is 11.3 Å². The molecule has 3 aromatic rings. The molecule has 0 bridgehead atoms. The molecule has 0 aliphatic carbocycles. The summed E-state index contributed by atoms with van der Waals surface area (Å²) in [6, 6.07) is 7.69. The van der Waals surface area contributed by atoms with Gasteiger partial charge in [0.1, 0.15) is 5.75 Å². The normalized spacial score (nSPS) is 10.7. The Balaban J connectivity index is 1.62. The fourth-order valence-electron chi connectivity index (χ4n) is 2.40. The Morgan fingerprint density at radius 3 is 2.56 bits per heavy atom. The van der Waals surface area contributed by atoms with E-state index >= 15 is 0 Å². The molecule has 6 nitrogen and oxygen atoms in total. The van der Waals surface area contributed by atoms with Crippen molar-refractivity contribution in [3.8, 4) is 5.75 Å². The number of aromatic nitrogens is 3. The van der Waals surface area contributed by atoms with E-state index in [1.54, 1.807) is 16.9 Å². The largest absolute Gasteiger partial charge is 0.471 e. The Kier molecular flexibility index (Phi) is 4.85. The Labute approximate surface area is 150 Å². The minimum absolute atomic E-state index is 0.242. The molecule has 1 amide bonds. The molecule has 25 heavy (non-hydrogen) atoms. The quantitative estimate of drug-likeness (QED) is 0.754. The maximum atomic E-state index is 12.3. The van der Waals surface area contributed by atoms with Crippen LogP contribution in [0.4, 0.5) is 5.13 Å². The highest BCUT2D eigenvalue weighted by atomic mass is 32.1. The molecule has 1 aromatic carbocycles. The summed E-state index contributed by atoms with van der Waals surface area (Å²) in [5, 5.41) is 7.61. The minimum atomic E-state index is -0.279. The molecular weight excluding hydrogens is 336 g/mol. The van der Waals surface area contributed by atoms with E-state index in [4.69, 9.17) is 4.74 Å². The first-order valence-electron chi connectivity index (χ1n) is 7.90. The summed E-state index contributed by atoms with van der Waals surface area (Å²) in [7, 11) is 0. The average molecular weight is 356 g/mol. The highest BCUT2D eigenvalue weighted by molar-refractivity contribution is 7.15. The molecule has 0 saturated carbocycles. The molecule has 0 unspecified atom stereocenters. The number of nitrogens with zero attached hydrogens (tertiary/aromatic N) is 3. The van der Waals surface area contributed by atoms with Crippen molar-refractivity contribution < 1.29 is 9.53 Å². The number of benzene rings is 1. The van der Waals surface area contributed by atoms with Crippen LogP contribution in [0.5, 0.6) is 5.75 Å². The molecule has 0 aliphatic rings. The number of nitrogens with one attached hydrogen (secondary N) is 1. The van der Waals surface area contributed by atoms with Gasteiger partial charge < -0.3 is 4.74 Å². The zero-order valence-corrected chi connectivity index (χ0v) is 15.5. The summed E-state index contributed by atoms with van der Waals surface area (Å²) in [6.07, 6.45) is 1.72. The van der Waals surface area contributed by atoms with E-state index in [1.807, 2.05) is 39.8 Å². The molecule has 3 rings (SSSR count). The fourth-order valence-corrected chi connectivity index (χ4v) is 3.21. The standard InChI is InChI=1S/C18H20N4O2S/c1-11-7-12(2)9-15(8-11)24-10-22-6-5-16(21-22)17(23)20-18-19-13(3)14(4)25-18/h5-9H,10H2,1-4H3,(H,19,20,23). The smallest absolute Gasteiger partial charge is 0.277 e. The van der Waals surface area contributed by atoms with Gasteiger partial charge in [0.2, 0.25) is 0 Å². The first-order chi connectivity index (χ1) is 11.9. The molecule has 2 aromatic heterocycles. The van der Waals surface area contributed by atoms with Crippen molar-refractivity contribution in [2.24, 2.45) is 0 Å². The van der Waals surface area contributed by atoms with Gasteiger partial charge in [0, 0.05) is 11.1 Å². The second-order valence-electron chi connectivity index (χ2n) is 5.95. The molecule has 0 fully saturated rings. The van der Waals surface area contributed by atoms with Gasteiger partial charge in [-0.25, -0.2) is 9.67 Å². The highest BCUT2D eigenvalue weighted by Gasteiger charge is 2.13. The van der Waals surface area contributed by atoms with E-state index in [0.29, 0.717) is 10.8 Å². The average Bonchev–Trinajstić information content (AvgIpc) is 3.12. The Morgan fingerprint density at radius 2 is 1.92 bits per heavy atom. The third kappa shape index (κ3) is 4.24. The van der Waals surface area contributed by atoms with Crippen LogP contribution >= 0.6 is 11.3 Å². The minimum Gasteiger partial charge on any atom is -0.471 e. The van der Waals surface area contributed by atoms with Gasteiger partial charge in [0.15, 0.2) is 17.6 Å². The molecule has 1 N–H and O–H groups in total. The summed E-state index contributed by atoms with van der Waals surface area (Å²) in [5.74, 6) is 0.506. The lowest BCUT2D eigenvalue weighted by molar-refractivity contribution is 0.102. The fraction of sp³-hybridized carbons (Fsp3) is 0.278. The van der Waals surface area contributed by atoms with E-state index in [9.17, 15) is 4.79 Å². The molecule has 7 heteroatoms. The number of carbonyl (C=O) groups is 1. The van der Waals surface area contributed by atoms with Crippen LogP contribution in [0.3, 0.4) is 0 Å². The second-order valence-corrected chi connectivity index (χ2v) is 7.16. The van der Waals surface area contributed by atoms with Crippen molar-refractivity contribution in [3.05, 3.63) is 57.9 Å². The van der Waals surface area contributed by atoms with Gasteiger partial charge in [-0.05, 0) is 57.0 Å². The van der Waals surface area contributed by atoms with Crippen LogP contribution in [-0.2, 0) is 6.73 Å². The van der Waals surface area contributed by atoms with Crippen LogP contribution in [0.1, 0.15) is 32.2 Å². The number of carbonyl (C=O) groups excluding carboxylic acids is 1. The zero-order valence-electron chi connectivity index (χ0n) is 14.7. The number of thiazole rings is 1. The van der Waals surface area contributed by atoms with E-state index < -0.39 is 0 Å². The predicted molar refractivity (Wildman–Crippen MR) is 98.3 cm³/mol. The van der Waals surface area contributed by atoms with Gasteiger partial charge in [-0.2, -0.15) is 5.10 Å². The van der Waals surface area contributed by atoms with Gasteiger partial charge in [-0.3, -0.25) is 10.1 Å². The van der Waals surface area contributed by atoms with Crippen LogP contribution in [0.25, 0.3) is 0 Å². The Morgan fingerprint density at radius 1 is 1.20 bits per heavy atom. The van der Waals surface area contributed by atoms with Crippen molar-refractivity contribution in [3.63, 3.8) is 0 Å². The lowest BCUT2D eigenvalue weighted by atomic mass is 10.1. The van der Waals surface area contributed by atoms with Crippen LogP contribution in [0, 0.1) is 27.7 Å². The van der Waals surface area contributed by atoms with E-state index in [0.717, 1.165) is 27.4 Å². The second kappa shape index (κ2) is 7.06. The number of anilines is 1. The topological polar surface area (TPSA) is 69.0 Å². The first-order valence-corrected chi connectivity index (χ1v) is 8.72. The van der Waals surface area contributed by atoms with Crippen molar-refractivity contribution in [1.82, 2.24) is 14.8 Å². The molecule has 0 radical (unpaired) electrons. The van der Waals surface area contributed by atoms with Crippen LogP contribution < -0.4 is 10.1 Å². The lowest BCUT2D eigenvalue weighted by Crippen LogP contribution is -2.14. The first kappa shape index (κ1) is 17.2. The number of hydrogen-bond donors (Lipinski definition) is 1.